The fourth-order valence-electron chi connectivity index (χ4n) is 2.17. The molecule has 2 amide bonds. The van der Waals surface area contributed by atoms with E-state index in [2.05, 4.69) is 10.6 Å². The minimum Gasteiger partial charge on any atom is -0.321 e. The zero-order valence-electron chi connectivity index (χ0n) is 15.2. The third-order valence-electron chi connectivity index (χ3n) is 3.66. The van der Waals surface area contributed by atoms with Gasteiger partial charge in [0.15, 0.2) is 0 Å². The fraction of sp³-hybridized carbons (Fsp3) is 0.150. The summed E-state index contributed by atoms with van der Waals surface area (Å²) in [7, 11) is 0. The molecule has 0 saturated heterocycles. The molecule has 0 aromatic heterocycles. The lowest BCUT2D eigenvalue weighted by atomic mass is 10.2. The molecule has 2 aromatic carbocycles. The lowest BCUT2D eigenvalue weighted by molar-refractivity contribution is -0.112. The van der Waals surface area contributed by atoms with Gasteiger partial charge < -0.3 is 10.6 Å². The lowest BCUT2D eigenvalue weighted by Crippen LogP contribution is -2.25. The summed E-state index contributed by atoms with van der Waals surface area (Å²) in [5, 5.41) is 15.0. The predicted octanol–water partition coefficient (Wildman–Crippen LogP) is 4.18. The van der Waals surface area contributed by atoms with Crippen molar-refractivity contribution in [2.45, 2.75) is 11.8 Å². The molecule has 0 aliphatic rings. The molecule has 2 N–H and O–H groups in total. The Hall–Kier alpha value is -2.69. The lowest BCUT2D eigenvalue weighted by Gasteiger charge is -2.11. The molecule has 2 rings (SSSR count). The van der Waals surface area contributed by atoms with Crippen LogP contribution in [0.1, 0.15) is 15.9 Å². The number of nitrogens with one attached hydrogen (secondary N) is 2. The van der Waals surface area contributed by atoms with E-state index in [-0.39, 0.29) is 16.5 Å². The number of benzene rings is 2. The van der Waals surface area contributed by atoms with Gasteiger partial charge in [-0.2, -0.15) is 5.26 Å². The first-order valence-electron chi connectivity index (χ1n) is 8.00. The van der Waals surface area contributed by atoms with Crippen molar-refractivity contribution in [3.8, 4) is 6.07 Å². The smallest absolute Gasteiger partial charge is 0.269 e. The molecule has 0 aliphatic carbocycles. The summed E-state index contributed by atoms with van der Waals surface area (Å²) >= 11 is 2.72. The van der Waals surface area contributed by atoms with Crippen molar-refractivity contribution in [1.29, 1.82) is 5.26 Å². The number of carbonyl (C=O) groups is 2. The van der Waals surface area contributed by atoms with Gasteiger partial charge in [0, 0.05) is 16.1 Å². The second-order valence-electron chi connectivity index (χ2n) is 5.52. The molecule has 0 atom stereocenters. The third-order valence-corrected chi connectivity index (χ3v) is 5.12. The van der Waals surface area contributed by atoms with Gasteiger partial charge in [-0.25, -0.2) is 0 Å². The molecule has 5 nitrogen and oxygen atoms in total. The van der Waals surface area contributed by atoms with Crippen molar-refractivity contribution in [3.05, 3.63) is 70.3 Å². The Balaban J connectivity index is 2.19. The molecule has 0 spiro atoms. The predicted molar refractivity (Wildman–Crippen MR) is 112 cm³/mol. The van der Waals surface area contributed by atoms with Crippen molar-refractivity contribution >= 4 is 41.0 Å². The Morgan fingerprint density at radius 3 is 2.15 bits per heavy atom. The van der Waals surface area contributed by atoms with E-state index in [4.69, 9.17) is 0 Å². The number of amides is 2. The molecular weight excluding hydrogens is 378 g/mol. The molecule has 7 heteroatoms. The number of nitrogens with zero attached hydrogens (tertiary/aromatic N) is 1. The highest BCUT2D eigenvalue weighted by Crippen LogP contribution is 2.19. The summed E-state index contributed by atoms with van der Waals surface area (Å²) in [4.78, 5) is 26.0. The Morgan fingerprint density at radius 1 is 1.00 bits per heavy atom. The van der Waals surface area contributed by atoms with Crippen molar-refractivity contribution in [1.82, 2.24) is 5.32 Å². The van der Waals surface area contributed by atoms with Crippen molar-refractivity contribution in [3.63, 3.8) is 0 Å². The maximum atomic E-state index is 12.5. The van der Waals surface area contributed by atoms with Gasteiger partial charge in [-0.05, 0) is 55.8 Å². The second-order valence-corrected chi connectivity index (χ2v) is 7.22. The first kappa shape index (κ1) is 20.6. The second kappa shape index (κ2) is 9.86. The quantitative estimate of drug-likeness (QED) is 0.434. The summed E-state index contributed by atoms with van der Waals surface area (Å²) in [6.45, 7) is 1.94. The zero-order chi connectivity index (χ0) is 19.8. The number of hydrogen-bond donors (Lipinski definition) is 2. The van der Waals surface area contributed by atoms with Crippen molar-refractivity contribution < 1.29 is 9.59 Å². The first-order chi connectivity index (χ1) is 13.0. The summed E-state index contributed by atoms with van der Waals surface area (Å²) < 4.78 is 0. The van der Waals surface area contributed by atoms with Crippen LogP contribution in [-0.4, -0.2) is 24.3 Å². The molecular formula is C20H19N3O2S2. The molecule has 0 saturated carbocycles. The van der Waals surface area contributed by atoms with Gasteiger partial charge in [-0.3, -0.25) is 9.59 Å². The summed E-state index contributed by atoms with van der Waals surface area (Å²) in [6.07, 6.45) is 3.65. The Labute approximate surface area is 167 Å². The van der Waals surface area contributed by atoms with E-state index in [0.717, 1.165) is 22.2 Å². The summed E-state index contributed by atoms with van der Waals surface area (Å²) in [5.41, 5.74) is 1.96. The van der Waals surface area contributed by atoms with E-state index < -0.39 is 5.91 Å². The monoisotopic (exact) mass is 397 g/mol. The van der Waals surface area contributed by atoms with Crippen LogP contribution in [0.3, 0.4) is 0 Å². The number of aryl methyl sites for hydroxylation is 1. The van der Waals surface area contributed by atoms with Gasteiger partial charge >= 0.3 is 0 Å². The average molecular weight is 398 g/mol. The maximum Gasteiger partial charge on any atom is 0.269 e. The molecule has 138 valence electrons. The topological polar surface area (TPSA) is 82.0 Å². The van der Waals surface area contributed by atoms with Crippen LogP contribution in [0.2, 0.25) is 0 Å². The third kappa shape index (κ3) is 5.64. The number of carbonyl (C=O) groups excluding carboxylic acids is 2. The van der Waals surface area contributed by atoms with Gasteiger partial charge in [-0.15, -0.1) is 23.5 Å². The normalized spacial score (nSPS) is 11.2. The van der Waals surface area contributed by atoms with E-state index in [9.17, 15) is 14.9 Å². The minimum absolute atomic E-state index is 0.142. The van der Waals surface area contributed by atoms with Crippen LogP contribution in [0.4, 0.5) is 5.69 Å². The van der Waals surface area contributed by atoms with E-state index in [1.54, 1.807) is 42.3 Å². The Bertz CT molecular complexity index is 898. The van der Waals surface area contributed by atoms with Crippen LogP contribution in [0.5, 0.6) is 0 Å². The SMILES string of the molecule is CSC(NC(=O)c1ccc(SC)cc1)=C(C#N)C(=O)Nc1ccc(C)cc1. The molecule has 0 bridgehead atoms. The number of anilines is 1. The van der Waals surface area contributed by atoms with Crippen LogP contribution in [0, 0.1) is 18.3 Å². The molecule has 2 aromatic rings. The van der Waals surface area contributed by atoms with Crippen molar-refractivity contribution in [2.24, 2.45) is 0 Å². The number of hydrogen-bond acceptors (Lipinski definition) is 5. The summed E-state index contributed by atoms with van der Waals surface area (Å²) in [6, 6.07) is 16.2. The van der Waals surface area contributed by atoms with E-state index in [1.807, 2.05) is 43.5 Å². The van der Waals surface area contributed by atoms with E-state index in [1.165, 1.54) is 0 Å². The highest BCUT2D eigenvalue weighted by Gasteiger charge is 2.18. The molecule has 27 heavy (non-hydrogen) atoms. The number of thioether (sulfide) groups is 2. The van der Waals surface area contributed by atoms with Gasteiger partial charge in [0.25, 0.3) is 11.8 Å². The average Bonchev–Trinajstić information content (AvgIpc) is 2.69. The highest BCUT2D eigenvalue weighted by atomic mass is 32.2. The molecule has 0 unspecified atom stereocenters. The van der Waals surface area contributed by atoms with Crippen LogP contribution < -0.4 is 10.6 Å². The highest BCUT2D eigenvalue weighted by molar-refractivity contribution is 8.02. The van der Waals surface area contributed by atoms with Gasteiger partial charge in [0.05, 0.1) is 5.03 Å². The molecule has 0 fully saturated rings. The Morgan fingerprint density at radius 2 is 1.63 bits per heavy atom. The van der Waals surface area contributed by atoms with Crippen LogP contribution in [0.25, 0.3) is 0 Å². The zero-order valence-corrected chi connectivity index (χ0v) is 16.8. The molecule has 0 heterocycles. The maximum absolute atomic E-state index is 12.5. The van der Waals surface area contributed by atoms with Crippen LogP contribution in [-0.2, 0) is 4.79 Å². The number of rotatable bonds is 6. The standard InChI is InChI=1S/C20H19N3O2S2/c1-13-4-8-15(9-5-13)22-19(25)17(12-21)20(27-3)23-18(24)14-6-10-16(26-2)11-7-14/h4-11H,1-3H3,(H,22,25)(H,23,24). The first-order valence-corrected chi connectivity index (χ1v) is 10.4. The van der Waals surface area contributed by atoms with Gasteiger partial charge in [-0.1, -0.05) is 17.7 Å². The van der Waals surface area contributed by atoms with Gasteiger partial charge in [0.1, 0.15) is 11.6 Å². The summed E-state index contributed by atoms with van der Waals surface area (Å²) in [5.74, 6) is -0.938. The minimum atomic E-state index is -0.566. The van der Waals surface area contributed by atoms with E-state index in [0.29, 0.717) is 11.3 Å². The number of nitriles is 1. The Kier molecular flexibility index (Phi) is 7.53. The fourth-order valence-corrected chi connectivity index (χ4v) is 3.11. The van der Waals surface area contributed by atoms with Crippen LogP contribution >= 0.6 is 23.5 Å². The molecule has 0 aliphatic heterocycles. The van der Waals surface area contributed by atoms with Crippen LogP contribution in [0.15, 0.2) is 64.0 Å². The van der Waals surface area contributed by atoms with Crippen molar-refractivity contribution in [2.75, 3.05) is 17.8 Å². The van der Waals surface area contributed by atoms with Gasteiger partial charge in [0.2, 0.25) is 0 Å². The van der Waals surface area contributed by atoms with E-state index >= 15 is 0 Å². The molecule has 0 radical (unpaired) electrons. The largest absolute Gasteiger partial charge is 0.321 e.